The van der Waals surface area contributed by atoms with Gasteiger partial charge in [0.05, 0.1) is 5.60 Å². The van der Waals surface area contributed by atoms with Crippen molar-refractivity contribution in [1.29, 1.82) is 0 Å². The molecule has 3 rings (SSSR count). The first-order valence-corrected chi connectivity index (χ1v) is 8.31. The van der Waals surface area contributed by atoms with Crippen LogP contribution in [0.15, 0.2) is 6.07 Å². The molecule has 1 aliphatic heterocycles. The molecule has 0 radical (unpaired) electrons. The third-order valence-electron chi connectivity index (χ3n) is 5.13. The third-order valence-corrected chi connectivity index (χ3v) is 5.13. The summed E-state index contributed by atoms with van der Waals surface area (Å²) in [6, 6.07) is 2.08. The summed E-state index contributed by atoms with van der Waals surface area (Å²) in [5.41, 5.74) is 0.616. The van der Waals surface area contributed by atoms with E-state index in [1.807, 2.05) is 6.92 Å². The standard InChI is InChI=1S/C17H27N3O/c1-12(2)16-18-13(3)10-15(19-16)20-9-8-17(21)7-5-4-6-14(17)11-20/h10,12,14,21H,4-9,11H2,1-3H3. The molecule has 2 aliphatic rings. The molecule has 0 amide bonds. The molecule has 1 aliphatic carbocycles. The lowest BCUT2D eigenvalue weighted by molar-refractivity contribution is -0.0613. The van der Waals surface area contributed by atoms with E-state index < -0.39 is 5.60 Å². The van der Waals surface area contributed by atoms with Crippen molar-refractivity contribution in [1.82, 2.24) is 9.97 Å². The first-order valence-electron chi connectivity index (χ1n) is 8.31. The zero-order chi connectivity index (χ0) is 15.0. The van der Waals surface area contributed by atoms with Gasteiger partial charge in [-0.3, -0.25) is 0 Å². The highest BCUT2D eigenvalue weighted by Crippen LogP contribution is 2.40. The minimum absolute atomic E-state index is 0.347. The number of hydrogen-bond acceptors (Lipinski definition) is 4. The van der Waals surface area contributed by atoms with Gasteiger partial charge in [-0.05, 0) is 26.2 Å². The third kappa shape index (κ3) is 2.91. The predicted molar refractivity (Wildman–Crippen MR) is 84.6 cm³/mol. The number of aliphatic hydroxyl groups is 1. The Morgan fingerprint density at radius 1 is 1.29 bits per heavy atom. The summed E-state index contributed by atoms with van der Waals surface area (Å²) in [5.74, 6) is 2.71. The molecule has 1 saturated carbocycles. The molecule has 4 nitrogen and oxygen atoms in total. The van der Waals surface area contributed by atoms with Crippen molar-refractivity contribution >= 4 is 5.82 Å². The normalized spacial score (nSPS) is 29.6. The second-order valence-corrected chi connectivity index (χ2v) is 7.12. The van der Waals surface area contributed by atoms with Crippen molar-refractivity contribution in [3.63, 3.8) is 0 Å². The molecule has 2 fully saturated rings. The summed E-state index contributed by atoms with van der Waals surface area (Å²) in [4.78, 5) is 11.6. The Labute approximate surface area is 127 Å². The highest BCUT2D eigenvalue weighted by molar-refractivity contribution is 5.41. The number of piperidine rings is 1. The SMILES string of the molecule is Cc1cc(N2CCC3(O)CCCCC3C2)nc(C(C)C)n1. The van der Waals surface area contributed by atoms with Crippen LogP contribution in [0.2, 0.25) is 0 Å². The highest BCUT2D eigenvalue weighted by Gasteiger charge is 2.43. The summed E-state index contributed by atoms with van der Waals surface area (Å²) in [7, 11) is 0. The van der Waals surface area contributed by atoms with E-state index in [9.17, 15) is 5.11 Å². The highest BCUT2D eigenvalue weighted by atomic mass is 16.3. The number of anilines is 1. The Bertz CT molecular complexity index is 517. The van der Waals surface area contributed by atoms with Crippen LogP contribution in [0.25, 0.3) is 0 Å². The largest absolute Gasteiger partial charge is 0.389 e. The van der Waals surface area contributed by atoms with Crippen LogP contribution in [0.1, 0.15) is 63.4 Å². The zero-order valence-corrected chi connectivity index (χ0v) is 13.5. The van der Waals surface area contributed by atoms with Gasteiger partial charge in [0, 0.05) is 36.7 Å². The van der Waals surface area contributed by atoms with Crippen molar-refractivity contribution in [2.24, 2.45) is 5.92 Å². The van der Waals surface area contributed by atoms with Gasteiger partial charge in [-0.25, -0.2) is 9.97 Å². The Balaban J connectivity index is 1.82. The van der Waals surface area contributed by atoms with Crippen LogP contribution >= 0.6 is 0 Å². The fourth-order valence-corrected chi connectivity index (χ4v) is 3.77. The molecular weight excluding hydrogens is 262 g/mol. The van der Waals surface area contributed by atoms with Crippen molar-refractivity contribution < 1.29 is 5.11 Å². The Morgan fingerprint density at radius 3 is 2.86 bits per heavy atom. The van der Waals surface area contributed by atoms with E-state index in [4.69, 9.17) is 4.98 Å². The van der Waals surface area contributed by atoms with Crippen LogP contribution in [-0.2, 0) is 0 Å². The van der Waals surface area contributed by atoms with E-state index >= 15 is 0 Å². The van der Waals surface area contributed by atoms with E-state index in [0.29, 0.717) is 11.8 Å². The number of hydrogen-bond donors (Lipinski definition) is 1. The maximum absolute atomic E-state index is 10.8. The molecule has 4 heteroatoms. The van der Waals surface area contributed by atoms with Crippen LogP contribution in [0, 0.1) is 12.8 Å². The van der Waals surface area contributed by atoms with Crippen molar-refractivity contribution in [2.75, 3.05) is 18.0 Å². The number of rotatable bonds is 2. The van der Waals surface area contributed by atoms with Crippen molar-refractivity contribution in [3.8, 4) is 0 Å². The molecule has 0 aromatic carbocycles. The molecule has 1 N–H and O–H groups in total. The van der Waals surface area contributed by atoms with Gasteiger partial charge in [-0.1, -0.05) is 26.7 Å². The summed E-state index contributed by atoms with van der Waals surface area (Å²) in [6.45, 7) is 8.15. The molecular formula is C17H27N3O. The summed E-state index contributed by atoms with van der Waals surface area (Å²) in [5, 5.41) is 10.8. The molecule has 0 spiro atoms. The first kappa shape index (κ1) is 14.8. The van der Waals surface area contributed by atoms with Crippen molar-refractivity contribution in [3.05, 3.63) is 17.6 Å². The molecule has 1 aromatic rings. The number of aryl methyl sites for hydroxylation is 1. The summed E-state index contributed by atoms with van der Waals surface area (Å²) in [6.07, 6.45) is 5.43. The van der Waals surface area contributed by atoms with Crippen LogP contribution in [-0.4, -0.2) is 33.8 Å². The quantitative estimate of drug-likeness (QED) is 0.909. The van der Waals surface area contributed by atoms with Crippen molar-refractivity contribution in [2.45, 2.75) is 64.4 Å². The van der Waals surface area contributed by atoms with Crippen LogP contribution in [0.3, 0.4) is 0 Å². The van der Waals surface area contributed by atoms with Crippen LogP contribution < -0.4 is 4.90 Å². The number of aromatic nitrogens is 2. The Hall–Kier alpha value is -1.16. The van der Waals surface area contributed by atoms with Gasteiger partial charge in [0.2, 0.25) is 0 Å². The second kappa shape index (κ2) is 5.56. The molecule has 2 atom stereocenters. The Kier molecular flexibility index (Phi) is 3.91. The minimum Gasteiger partial charge on any atom is -0.389 e. The van der Waals surface area contributed by atoms with Gasteiger partial charge in [0.25, 0.3) is 0 Å². The first-order chi connectivity index (χ1) is 9.98. The predicted octanol–water partition coefficient (Wildman–Crippen LogP) is 3.04. The summed E-state index contributed by atoms with van der Waals surface area (Å²) < 4.78 is 0. The van der Waals surface area contributed by atoms with Gasteiger partial charge in [0.15, 0.2) is 0 Å². The fourth-order valence-electron chi connectivity index (χ4n) is 3.77. The lowest BCUT2D eigenvalue weighted by atomic mass is 9.71. The van der Waals surface area contributed by atoms with Crippen LogP contribution in [0.4, 0.5) is 5.82 Å². The molecule has 2 unspecified atom stereocenters. The van der Waals surface area contributed by atoms with E-state index in [0.717, 1.165) is 49.7 Å². The lowest BCUT2D eigenvalue weighted by Gasteiger charge is -2.47. The molecule has 0 bridgehead atoms. The maximum atomic E-state index is 10.8. The summed E-state index contributed by atoms with van der Waals surface area (Å²) >= 11 is 0. The monoisotopic (exact) mass is 289 g/mol. The van der Waals surface area contributed by atoms with Gasteiger partial charge < -0.3 is 10.0 Å². The average Bonchev–Trinajstić information content (AvgIpc) is 2.45. The molecule has 1 aromatic heterocycles. The van der Waals surface area contributed by atoms with E-state index in [2.05, 4.69) is 29.8 Å². The maximum Gasteiger partial charge on any atom is 0.133 e. The van der Waals surface area contributed by atoms with Gasteiger partial charge >= 0.3 is 0 Å². The van der Waals surface area contributed by atoms with Gasteiger partial charge in [-0.2, -0.15) is 0 Å². The number of fused-ring (bicyclic) bond motifs is 1. The molecule has 2 heterocycles. The molecule has 1 saturated heterocycles. The van der Waals surface area contributed by atoms with E-state index in [-0.39, 0.29) is 0 Å². The topological polar surface area (TPSA) is 49.2 Å². The lowest BCUT2D eigenvalue weighted by Crippen LogP contribution is -2.53. The average molecular weight is 289 g/mol. The second-order valence-electron chi connectivity index (χ2n) is 7.12. The molecule has 21 heavy (non-hydrogen) atoms. The van der Waals surface area contributed by atoms with Gasteiger partial charge in [0.1, 0.15) is 11.6 Å². The van der Waals surface area contributed by atoms with E-state index in [1.54, 1.807) is 0 Å². The Morgan fingerprint density at radius 2 is 2.10 bits per heavy atom. The zero-order valence-electron chi connectivity index (χ0n) is 13.5. The fraction of sp³-hybridized carbons (Fsp3) is 0.765. The minimum atomic E-state index is -0.419. The smallest absolute Gasteiger partial charge is 0.133 e. The molecule has 116 valence electrons. The van der Waals surface area contributed by atoms with Crippen LogP contribution in [0.5, 0.6) is 0 Å². The number of nitrogens with zero attached hydrogens (tertiary/aromatic N) is 3. The van der Waals surface area contributed by atoms with E-state index in [1.165, 1.54) is 12.8 Å². The van der Waals surface area contributed by atoms with Gasteiger partial charge in [-0.15, -0.1) is 0 Å².